The largest absolute Gasteiger partial charge is 0.390 e. The normalized spacial score (nSPS) is 17.3. The molecule has 2 heterocycles. The molecule has 1 saturated heterocycles. The lowest BCUT2D eigenvalue weighted by Gasteiger charge is -2.38. The summed E-state index contributed by atoms with van der Waals surface area (Å²) in [5.41, 5.74) is 4.06. The van der Waals surface area contributed by atoms with Crippen LogP contribution in [0.2, 0.25) is 0 Å². The first-order valence-corrected chi connectivity index (χ1v) is 13.7. The van der Waals surface area contributed by atoms with Gasteiger partial charge in [-0.1, -0.05) is 12.2 Å². The number of halogens is 4. The second-order valence-corrected chi connectivity index (χ2v) is 11.6. The molecule has 0 bridgehead atoms. The number of hydrogen-bond donors (Lipinski definition) is 3. The highest BCUT2D eigenvalue weighted by molar-refractivity contribution is 7.92. The average molecular weight is 569 g/mol. The van der Waals surface area contributed by atoms with Gasteiger partial charge in [0.25, 0.3) is 15.9 Å². The van der Waals surface area contributed by atoms with Gasteiger partial charge in [0, 0.05) is 31.5 Å². The molecule has 4 rings (SSSR count). The third-order valence-corrected chi connectivity index (χ3v) is 8.10. The predicted molar refractivity (Wildman–Crippen MR) is 138 cm³/mol. The molecule has 1 fully saturated rings. The SMILES string of the molecule is CC(F)(F)CCC1(O)CCN(C(=O)c2ccc(NS(=O)(=O)c3cc(F)cc4c3N=C(N)CC=C4)cc2F)CC1. The van der Waals surface area contributed by atoms with E-state index in [0.717, 1.165) is 31.2 Å². The Balaban J connectivity index is 1.49. The minimum Gasteiger partial charge on any atom is -0.390 e. The van der Waals surface area contributed by atoms with Gasteiger partial charge < -0.3 is 15.7 Å². The Morgan fingerprint density at radius 1 is 1.21 bits per heavy atom. The smallest absolute Gasteiger partial charge is 0.264 e. The van der Waals surface area contributed by atoms with Crippen molar-refractivity contribution >= 4 is 39.2 Å². The highest BCUT2D eigenvalue weighted by atomic mass is 32.2. The van der Waals surface area contributed by atoms with E-state index in [1.54, 1.807) is 6.08 Å². The van der Waals surface area contributed by atoms with Crippen molar-refractivity contribution in [1.29, 1.82) is 0 Å². The predicted octanol–water partition coefficient (Wildman–Crippen LogP) is 4.57. The van der Waals surface area contributed by atoms with Crippen LogP contribution in [0.1, 0.15) is 54.9 Å². The summed E-state index contributed by atoms with van der Waals surface area (Å²) >= 11 is 0. The highest BCUT2D eigenvalue weighted by Crippen LogP contribution is 2.35. The number of piperidine rings is 1. The summed E-state index contributed by atoms with van der Waals surface area (Å²) in [5.74, 6) is -5.30. The number of hydrogen-bond acceptors (Lipinski definition) is 6. The van der Waals surface area contributed by atoms with Crippen LogP contribution >= 0.6 is 0 Å². The Kier molecular flexibility index (Phi) is 7.77. The van der Waals surface area contributed by atoms with Gasteiger partial charge in [0.05, 0.1) is 22.5 Å². The lowest BCUT2D eigenvalue weighted by Crippen LogP contribution is -2.47. The number of fused-ring (bicyclic) bond motifs is 1. The number of aliphatic hydroxyl groups is 1. The van der Waals surface area contributed by atoms with Crippen LogP contribution in [-0.2, 0) is 10.0 Å². The number of nitrogens with zero attached hydrogens (tertiary/aromatic N) is 2. The molecular weight excluding hydrogens is 540 g/mol. The Morgan fingerprint density at radius 2 is 1.90 bits per heavy atom. The van der Waals surface area contributed by atoms with Crippen molar-refractivity contribution in [3.63, 3.8) is 0 Å². The third-order valence-electron chi connectivity index (χ3n) is 6.70. The van der Waals surface area contributed by atoms with Gasteiger partial charge in [-0.15, -0.1) is 0 Å². The lowest BCUT2D eigenvalue weighted by atomic mass is 9.86. The maximum absolute atomic E-state index is 15.0. The molecule has 0 aromatic heterocycles. The number of benzene rings is 2. The average Bonchev–Trinajstić information content (AvgIpc) is 3.02. The van der Waals surface area contributed by atoms with E-state index in [1.807, 2.05) is 0 Å². The van der Waals surface area contributed by atoms with Gasteiger partial charge >= 0.3 is 0 Å². The maximum atomic E-state index is 15.0. The summed E-state index contributed by atoms with van der Waals surface area (Å²) in [5, 5.41) is 10.6. The fourth-order valence-corrected chi connectivity index (χ4v) is 5.74. The van der Waals surface area contributed by atoms with Crippen molar-refractivity contribution < 1.29 is 35.9 Å². The van der Waals surface area contributed by atoms with E-state index in [1.165, 1.54) is 17.0 Å². The van der Waals surface area contributed by atoms with Crippen molar-refractivity contribution in [2.45, 2.75) is 55.4 Å². The minimum atomic E-state index is -4.45. The number of alkyl halides is 2. The third kappa shape index (κ3) is 6.77. The summed E-state index contributed by atoms with van der Waals surface area (Å²) in [6.45, 7) is 0.859. The number of nitrogens with one attached hydrogen (secondary N) is 1. The fourth-order valence-electron chi connectivity index (χ4n) is 4.50. The molecule has 0 aliphatic carbocycles. The van der Waals surface area contributed by atoms with Crippen molar-refractivity contribution in [1.82, 2.24) is 4.90 Å². The molecule has 1 amide bonds. The Bertz CT molecular complexity index is 1450. The number of likely N-dealkylation sites (tertiary alicyclic amines) is 1. The fraction of sp³-hybridized carbons (Fsp3) is 0.385. The molecule has 4 N–H and O–H groups in total. The topological polar surface area (TPSA) is 125 Å². The van der Waals surface area contributed by atoms with Crippen molar-refractivity contribution in [3.05, 3.63) is 59.2 Å². The summed E-state index contributed by atoms with van der Waals surface area (Å²) < 4.78 is 84.0. The van der Waals surface area contributed by atoms with Crippen LogP contribution in [0.25, 0.3) is 6.08 Å². The van der Waals surface area contributed by atoms with Gasteiger partial charge in [0.15, 0.2) is 0 Å². The minimum absolute atomic E-state index is 0.0429. The van der Waals surface area contributed by atoms with Crippen molar-refractivity contribution in [2.24, 2.45) is 10.7 Å². The van der Waals surface area contributed by atoms with Crippen LogP contribution in [0.3, 0.4) is 0 Å². The molecule has 0 saturated carbocycles. The number of aliphatic imine (C=N–C) groups is 1. The van der Waals surface area contributed by atoms with Crippen molar-refractivity contribution in [2.75, 3.05) is 17.8 Å². The number of anilines is 1. The second-order valence-electron chi connectivity index (χ2n) is 9.94. The molecule has 0 radical (unpaired) electrons. The zero-order chi connectivity index (χ0) is 28.6. The molecule has 0 unspecified atom stereocenters. The van der Waals surface area contributed by atoms with Gasteiger partial charge in [0.1, 0.15) is 22.4 Å². The monoisotopic (exact) mass is 568 g/mol. The number of amidine groups is 1. The number of amides is 1. The molecule has 0 spiro atoms. The molecule has 2 aromatic carbocycles. The maximum Gasteiger partial charge on any atom is 0.264 e. The molecule has 210 valence electrons. The first-order chi connectivity index (χ1) is 18.2. The molecule has 2 aromatic rings. The van der Waals surface area contributed by atoms with Gasteiger partial charge in [0.2, 0.25) is 5.92 Å². The molecule has 2 aliphatic heterocycles. The van der Waals surface area contributed by atoms with E-state index in [-0.39, 0.29) is 67.1 Å². The Labute approximate surface area is 223 Å². The van der Waals surface area contributed by atoms with Crippen LogP contribution in [0.4, 0.5) is 28.9 Å². The van der Waals surface area contributed by atoms with Gasteiger partial charge in [-0.3, -0.25) is 9.52 Å². The quantitative estimate of drug-likeness (QED) is 0.422. The van der Waals surface area contributed by atoms with E-state index in [4.69, 9.17) is 5.73 Å². The summed E-state index contributed by atoms with van der Waals surface area (Å²) in [4.78, 5) is 17.8. The van der Waals surface area contributed by atoms with E-state index < -0.39 is 50.4 Å². The number of nitrogens with two attached hydrogens (primary N) is 1. The Morgan fingerprint density at radius 3 is 2.54 bits per heavy atom. The molecule has 0 atom stereocenters. The molecule has 39 heavy (non-hydrogen) atoms. The lowest BCUT2D eigenvalue weighted by molar-refractivity contribution is -0.0571. The molecule has 8 nitrogen and oxygen atoms in total. The van der Waals surface area contributed by atoms with Gasteiger partial charge in [-0.05, 0) is 56.5 Å². The zero-order valence-electron chi connectivity index (χ0n) is 21.1. The zero-order valence-corrected chi connectivity index (χ0v) is 21.9. The number of rotatable bonds is 7. The van der Waals surface area contributed by atoms with Gasteiger partial charge in [-0.2, -0.15) is 0 Å². The van der Waals surface area contributed by atoms with Crippen LogP contribution in [0, 0.1) is 11.6 Å². The second kappa shape index (κ2) is 10.6. The van der Waals surface area contributed by atoms with Crippen LogP contribution in [-0.4, -0.2) is 54.8 Å². The van der Waals surface area contributed by atoms with Gasteiger partial charge in [-0.25, -0.2) is 31.0 Å². The van der Waals surface area contributed by atoms with E-state index >= 15 is 0 Å². The number of sulfonamides is 1. The summed E-state index contributed by atoms with van der Waals surface area (Å²) in [6.07, 6.45) is 2.88. The standard InChI is InChI=1S/C26H28F4N4O4S/c1-25(29,30)7-8-26(36)9-11-34(12-10-26)24(35)19-6-5-18(15-20(19)28)33-39(37,38)21-14-17(27)13-16-3-2-4-22(31)32-23(16)21/h2-3,5-6,13-15,33,36H,4,7-12H2,1H3,(H2,31,32). The first-order valence-electron chi connectivity index (χ1n) is 12.2. The van der Waals surface area contributed by atoms with E-state index in [0.29, 0.717) is 0 Å². The number of carbonyl (C=O) groups is 1. The molecule has 13 heteroatoms. The van der Waals surface area contributed by atoms with Crippen molar-refractivity contribution in [3.8, 4) is 0 Å². The summed E-state index contributed by atoms with van der Waals surface area (Å²) in [6, 6.07) is 5.02. The summed E-state index contributed by atoms with van der Waals surface area (Å²) in [7, 11) is -4.45. The highest BCUT2D eigenvalue weighted by Gasteiger charge is 2.37. The Hall–Kier alpha value is -3.45. The molecule has 2 aliphatic rings. The van der Waals surface area contributed by atoms with Crippen LogP contribution < -0.4 is 10.5 Å². The van der Waals surface area contributed by atoms with Crippen LogP contribution in [0.5, 0.6) is 0 Å². The van der Waals surface area contributed by atoms with E-state index in [2.05, 4.69) is 9.71 Å². The van der Waals surface area contributed by atoms with E-state index in [9.17, 15) is 35.9 Å². The van der Waals surface area contributed by atoms with Crippen LogP contribution in [0.15, 0.2) is 46.3 Å². The number of carbonyl (C=O) groups excluding carboxylic acids is 1. The molecular formula is C26H28F4N4O4S. The first kappa shape index (κ1) is 28.6.